The van der Waals surface area contributed by atoms with Crippen LogP contribution < -0.4 is 0 Å². The number of quaternary nitrogens is 1. The second-order valence-electron chi connectivity index (χ2n) is 27.7. The monoisotopic (exact) mass is 1330 g/mol. The fourth-order valence-electron chi connectivity index (χ4n) is 11.3. The molecule has 0 aromatic carbocycles. The van der Waals surface area contributed by atoms with Crippen molar-refractivity contribution in [3.8, 4) is 0 Å². The van der Waals surface area contributed by atoms with E-state index >= 15 is 0 Å². The summed E-state index contributed by atoms with van der Waals surface area (Å²) in [5.74, 6) is -0.788. The molecule has 0 spiro atoms. The van der Waals surface area contributed by atoms with Crippen LogP contribution in [0.5, 0.6) is 0 Å². The highest BCUT2D eigenvalue weighted by atomic mass is 31.2. The van der Waals surface area contributed by atoms with E-state index in [2.05, 4.69) is 123 Å². The Balaban J connectivity index is 3.95. The van der Waals surface area contributed by atoms with E-state index < -0.39 is 26.5 Å². The number of allylic oxidation sites excluding steroid dienone is 18. The Hall–Kier alpha value is -3.33. The molecule has 2 unspecified atom stereocenters. The van der Waals surface area contributed by atoms with Gasteiger partial charge in [0.15, 0.2) is 6.10 Å². The number of carbonyl (C=O) groups is 2. The lowest BCUT2D eigenvalue weighted by molar-refractivity contribution is -0.870. The highest BCUT2D eigenvalue weighted by molar-refractivity contribution is 7.47. The molecule has 0 heterocycles. The third kappa shape index (κ3) is 77.7. The first kappa shape index (κ1) is 90.7. The van der Waals surface area contributed by atoms with Crippen LogP contribution in [0, 0.1) is 0 Å². The molecule has 94 heavy (non-hydrogen) atoms. The van der Waals surface area contributed by atoms with Gasteiger partial charge >= 0.3 is 19.8 Å². The Morgan fingerprint density at radius 3 is 0.904 bits per heavy atom. The molecule has 0 bridgehead atoms. The molecular formula is C84H151NO8P+. The first-order valence-electron chi connectivity index (χ1n) is 39.6. The molecule has 0 amide bonds. The number of likely N-dealkylation sites (N-methyl/N-ethyl adjacent to an activating group) is 1. The van der Waals surface area contributed by atoms with E-state index in [1.165, 1.54) is 238 Å². The van der Waals surface area contributed by atoms with Crippen molar-refractivity contribution in [1.82, 2.24) is 0 Å². The van der Waals surface area contributed by atoms with Crippen molar-refractivity contribution in [2.24, 2.45) is 0 Å². The fourth-order valence-corrected chi connectivity index (χ4v) is 12.0. The second kappa shape index (κ2) is 73.9. The number of esters is 2. The van der Waals surface area contributed by atoms with E-state index in [-0.39, 0.29) is 32.0 Å². The highest BCUT2D eigenvalue weighted by Crippen LogP contribution is 2.43. The van der Waals surface area contributed by atoms with Gasteiger partial charge in [-0.2, -0.15) is 0 Å². The Morgan fingerprint density at radius 2 is 0.606 bits per heavy atom. The van der Waals surface area contributed by atoms with Gasteiger partial charge in [0.25, 0.3) is 0 Å². The quantitative estimate of drug-likeness (QED) is 0.0211. The van der Waals surface area contributed by atoms with E-state index in [0.717, 1.165) is 89.9 Å². The maximum Gasteiger partial charge on any atom is 0.472 e. The molecule has 0 aliphatic carbocycles. The highest BCUT2D eigenvalue weighted by Gasteiger charge is 2.27. The van der Waals surface area contributed by atoms with Crippen LogP contribution in [0.4, 0.5) is 0 Å². The number of phosphoric ester groups is 1. The topological polar surface area (TPSA) is 108 Å². The number of hydrogen-bond donors (Lipinski definition) is 1. The molecule has 0 radical (unpaired) electrons. The van der Waals surface area contributed by atoms with Crippen LogP contribution in [-0.2, 0) is 32.7 Å². The van der Waals surface area contributed by atoms with Crippen LogP contribution >= 0.6 is 7.82 Å². The number of ether oxygens (including phenoxy) is 2. The van der Waals surface area contributed by atoms with E-state index in [1.807, 2.05) is 21.1 Å². The summed E-state index contributed by atoms with van der Waals surface area (Å²) in [4.78, 5) is 36.0. The van der Waals surface area contributed by atoms with Gasteiger partial charge in [-0.1, -0.05) is 354 Å². The molecule has 0 aliphatic heterocycles. The zero-order chi connectivity index (χ0) is 68.3. The summed E-state index contributed by atoms with van der Waals surface area (Å²) in [7, 11) is 1.48. The summed E-state index contributed by atoms with van der Waals surface area (Å²) in [5, 5.41) is 0. The van der Waals surface area contributed by atoms with Gasteiger partial charge < -0.3 is 18.9 Å². The van der Waals surface area contributed by atoms with E-state index in [4.69, 9.17) is 18.5 Å². The molecule has 0 aromatic rings. The minimum atomic E-state index is -4.40. The summed E-state index contributed by atoms with van der Waals surface area (Å²) in [6, 6.07) is 0. The van der Waals surface area contributed by atoms with E-state index in [9.17, 15) is 19.0 Å². The number of unbranched alkanes of at least 4 members (excludes halogenated alkanes) is 41. The third-order valence-corrected chi connectivity index (χ3v) is 18.3. The van der Waals surface area contributed by atoms with Gasteiger partial charge in [0.1, 0.15) is 19.8 Å². The van der Waals surface area contributed by atoms with Gasteiger partial charge in [0, 0.05) is 12.8 Å². The molecule has 10 heteroatoms. The smallest absolute Gasteiger partial charge is 0.462 e. The van der Waals surface area contributed by atoms with Crippen LogP contribution in [-0.4, -0.2) is 74.9 Å². The van der Waals surface area contributed by atoms with Gasteiger partial charge in [-0.25, -0.2) is 4.57 Å². The maximum atomic E-state index is 12.9. The van der Waals surface area contributed by atoms with E-state index in [0.29, 0.717) is 17.4 Å². The average Bonchev–Trinajstić information content (AvgIpc) is 1.66. The summed E-state index contributed by atoms with van der Waals surface area (Å²) < 4.78 is 34.8. The van der Waals surface area contributed by atoms with Crippen molar-refractivity contribution < 1.29 is 42.1 Å². The Morgan fingerprint density at radius 1 is 0.340 bits per heavy atom. The molecule has 0 aliphatic rings. The summed E-state index contributed by atoms with van der Waals surface area (Å²) in [6.07, 6.45) is 105. The van der Waals surface area contributed by atoms with Gasteiger partial charge in [-0.05, 0) is 103 Å². The zero-order valence-corrected chi connectivity index (χ0v) is 63.1. The van der Waals surface area contributed by atoms with Crippen molar-refractivity contribution in [3.05, 3.63) is 109 Å². The average molecular weight is 1330 g/mol. The Kier molecular flexibility index (Phi) is 71.3. The van der Waals surface area contributed by atoms with Crippen LogP contribution in [0.3, 0.4) is 0 Å². The van der Waals surface area contributed by atoms with Gasteiger partial charge in [0.2, 0.25) is 0 Å². The predicted molar refractivity (Wildman–Crippen MR) is 408 cm³/mol. The standard InChI is InChI=1S/C84H150NO8P/c1-6-8-10-12-14-16-18-20-22-24-26-28-30-32-34-36-38-39-40-41-42-43-44-45-47-48-50-52-54-56-58-60-62-64-66-68-70-72-74-76-83(86)90-80-82(81-92-94(88,89)91-79-78-85(3,4)5)93-84(87)77-75-73-71-69-67-65-63-61-59-57-55-53-51-49-46-37-35-33-31-29-27-25-23-21-19-17-15-13-11-9-7-2/h9,11,15,17-18,20-21,23-24,26-27,29-30,32-33,35,46,49,82H,6-8,10,12-14,16,19,22,25,28,31,34,36-45,47-48,50-81H2,1-5H3/p+1/b11-9-,17-15-,20-18-,23-21-,26-24-,29-27-,32-30-,35-33-,49-46-. The molecule has 1 N–H and O–H groups in total. The first-order valence-corrected chi connectivity index (χ1v) is 41.1. The lowest BCUT2D eigenvalue weighted by atomic mass is 10.0. The Bertz CT molecular complexity index is 1960. The molecule has 0 rings (SSSR count). The molecule has 0 aromatic heterocycles. The molecular weight excluding hydrogens is 1180 g/mol. The van der Waals surface area contributed by atoms with Gasteiger partial charge in [-0.15, -0.1) is 0 Å². The van der Waals surface area contributed by atoms with Crippen LogP contribution in [0.2, 0.25) is 0 Å². The molecule has 2 atom stereocenters. The SMILES string of the molecule is CC/C=C\C/C=C\C/C=C\C/C=C\C/C=C\C/C=C\CCCCCCCCCCCCCCC(=O)OC(COC(=O)CCCCCCCCCCCCCCCCCCCCCCCCCC/C=C\C/C=C\C/C=C\CCCCCCC)COP(=O)(O)OCC[N+](C)(C)C. The Labute approximate surface area is 582 Å². The van der Waals surface area contributed by atoms with Gasteiger partial charge in [0.05, 0.1) is 27.7 Å². The van der Waals surface area contributed by atoms with Crippen LogP contribution in [0.1, 0.15) is 361 Å². The van der Waals surface area contributed by atoms with Gasteiger partial charge in [-0.3, -0.25) is 18.6 Å². The summed E-state index contributed by atoms with van der Waals surface area (Å²) >= 11 is 0. The summed E-state index contributed by atoms with van der Waals surface area (Å²) in [5.41, 5.74) is 0. The van der Waals surface area contributed by atoms with Crippen LogP contribution in [0.25, 0.3) is 0 Å². The van der Waals surface area contributed by atoms with Crippen molar-refractivity contribution in [3.63, 3.8) is 0 Å². The minimum absolute atomic E-state index is 0.0292. The zero-order valence-electron chi connectivity index (χ0n) is 62.2. The number of hydrogen-bond acceptors (Lipinski definition) is 7. The number of carbonyl (C=O) groups excluding carboxylic acids is 2. The largest absolute Gasteiger partial charge is 0.472 e. The molecule has 0 saturated carbocycles. The molecule has 9 nitrogen and oxygen atoms in total. The summed E-state index contributed by atoms with van der Waals surface area (Å²) in [6.45, 7) is 4.34. The fraction of sp³-hybridized carbons (Fsp3) is 0.762. The lowest BCUT2D eigenvalue weighted by Gasteiger charge is -2.24. The normalized spacial score (nSPS) is 13.6. The molecule has 544 valence electrons. The number of rotatable bonds is 73. The van der Waals surface area contributed by atoms with Crippen molar-refractivity contribution in [1.29, 1.82) is 0 Å². The first-order chi connectivity index (χ1) is 46.0. The molecule has 0 fully saturated rings. The van der Waals surface area contributed by atoms with Crippen molar-refractivity contribution >= 4 is 19.8 Å². The lowest BCUT2D eigenvalue weighted by Crippen LogP contribution is -2.37. The number of nitrogens with zero attached hydrogens (tertiary/aromatic N) is 1. The predicted octanol–water partition coefficient (Wildman–Crippen LogP) is 26.4. The minimum Gasteiger partial charge on any atom is -0.462 e. The molecule has 0 saturated heterocycles. The number of phosphoric acid groups is 1. The van der Waals surface area contributed by atoms with Crippen molar-refractivity contribution in [2.45, 2.75) is 367 Å². The third-order valence-electron chi connectivity index (χ3n) is 17.3. The second-order valence-corrected chi connectivity index (χ2v) is 29.2. The van der Waals surface area contributed by atoms with Crippen molar-refractivity contribution in [2.75, 3.05) is 47.5 Å². The maximum absolute atomic E-state index is 12.9. The van der Waals surface area contributed by atoms with Crippen LogP contribution in [0.15, 0.2) is 109 Å². The van der Waals surface area contributed by atoms with E-state index in [1.54, 1.807) is 0 Å².